The van der Waals surface area contributed by atoms with Crippen molar-refractivity contribution in [1.82, 2.24) is 9.88 Å². The Balaban J connectivity index is 1.28. The van der Waals surface area contributed by atoms with Gasteiger partial charge >= 0.3 is 0 Å². The van der Waals surface area contributed by atoms with Gasteiger partial charge in [0.2, 0.25) is 11.8 Å². The highest BCUT2D eigenvalue weighted by Gasteiger charge is 2.49. The molecule has 5 rings (SSSR count). The van der Waals surface area contributed by atoms with Gasteiger partial charge in [-0.05, 0) is 86.6 Å². The molecule has 1 aromatic heterocycles. The van der Waals surface area contributed by atoms with Gasteiger partial charge in [0.25, 0.3) is 0 Å². The summed E-state index contributed by atoms with van der Waals surface area (Å²) < 4.78 is 0. The van der Waals surface area contributed by atoms with E-state index in [1.807, 2.05) is 68.3 Å². The second-order valence-corrected chi connectivity index (χ2v) is 12.5. The lowest BCUT2D eigenvalue weighted by Gasteiger charge is -2.49. The number of anilines is 1. The van der Waals surface area contributed by atoms with E-state index in [0.29, 0.717) is 37.4 Å². The third kappa shape index (κ3) is 6.58. The highest BCUT2D eigenvalue weighted by Crippen LogP contribution is 2.46. The minimum Gasteiger partial charge on any atom is -0.390 e. The first-order chi connectivity index (χ1) is 20.1. The number of carbonyl (C=O) groups excluding carboxylic acids is 2. The van der Waals surface area contributed by atoms with Gasteiger partial charge in [-0.25, -0.2) is 4.98 Å². The van der Waals surface area contributed by atoms with Gasteiger partial charge in [0, 0.05) is 42.7 Å². The van der Waals surface area contributed by atoms with E-state index in [4.69, 9.17) is 5.73 Å². The minimum atomic E-state index is -0.706. The zero-order valence-corrected chi connectivity index (χ0v) is 25.1. The molecule has 4 N–H and O–H groups in total. The Morgan fingerprint density at radius 2 is 1.62 bits per heavy atom. The topological polar surface area (TPSA) is 109 Å². The van der Waals surface area contributed by atoms with Crippen molar-refractivity contribution in [1.29, 1.82) is 0 Å². The van der Waals surface area contributed by atoms with E-state index in [9.17, 15) is 14.7 Å². The van der Waals surface area contributed by atoms with E-state index in [0.717, 1.165) is 60.0 Å². The van der Waals surface area contributed by atoms with Crippen molar-refractivity contribution in [3.63, 3.8) is 0 Å². The summed E-state index contributed by atoms with van der Waals surface area (Å²) in [7, 11) is 0. The van der Waals surface area contributed by atoms with Gasteiger partial charge in [-0.1, -0.05) is 61.5 Å². The number of nitrogens with one attached hydrogen (secondary N) is 1. The molecule has 2 fully saturated rings. The molecule has 2 aliphatic carbocycles. The molecule has 7 nitrogen and oxygen atoms in total. The Hall–Kier alpha value is -3.55. The molecular weight excluding hydrogens is 524 g/mol. The fourth-order valence-electron chi connectivity index (χ4n) is 7.06. The van der Waals surface area contributed by atoms with Crippen molar-refractivity contribution < 1.29 is 14.7 Å². The minimum absolute atomic E-state index is 0.0244. The van der Waals surface area contributed by atoms with Gasteiger partial charge in [-0.2, -0.15) is 0 Å². The zero-order chi connectivity index (χ0) is 29.9. The van der Waals surface area contributed by atoms with Crippen LogP contribution in [0.2, 0.25) is 0 Å². The van der Waals surface area contributed by atoms with E-state index in [1.54, 1.807) is 0 Å². The Morgan fingerprint density at radius 1 is 0.976 bits per heavy atom. The second kappa shape index (κ2) is 12.4. The van der Waals surface area contributed by atoms with Gasteiger partial charge in [-0.15, -0.1) is 0 Å². The number of nitrogens with two attached hydrogens (primary N) is 1. The van der Waals surface area contributed by atoms with Gasteiger partial charge in [0.1, 0.15) is 5.82 Å². The largest absolute Gasteiger partial charge is 0.390 e. The molecule has 7 heteroatoms. The molecule has 2 saturated carbocycles. The highest BCUT2D eigenvalue weighted by molar-refractivity contribution is 5.92. The van der Waals surface area contributed by atoms with Crippen LogP contribution in [0.4, 0.5) is 5.82 Å². The smallest absolute Gasteiger partial charge is 0.225 e. The monoisotopic (exact) mass is 568 g/mol. The molecule has 0 saturated heterocycles. The van der Waals surface area contributed by atoms with Crippen LogP contribution in [0.25, 0.3) is 22.3 Å². The number of amides is 2. The van der Waals surface area contributed by atoms with Crippen LogP contribution >= 0.6 is 0 Å². The molecule has 0 radical (unpaired) electrons. The quantitative estimate of drug-likeness (QED) is 0.282. The standard InChI is InChI=1S/C35H44N4O3/c1-4-33(41)39(5-2)28-17-11-24(12-18-28)19-32(40)38-31-20-29(25-9-7-6-8-10-25)30(21-37-31)26-13-15-27(16-14-26)35(36)22-34(3,42)23-35/h6-10,13-16,20-21,24,28,42H,4-5,11-12,17-19,22-23,36H2,1-3H3,(H,37,38,40)/t24?,28?,34-,35-. The normalized spacial score (nSPS) is 25.4. The average Bonchev–Trinajstić information content (AvgIpc) is 2.97. The molecule has 42 heavy (non-hydrogen) atoms. The van der Waals surface area contributed by atoms with E-state index >= 15 is 0 Å². The van der Waals surface area contributed by atoms with Crippen LogP contribution < -0.4 is 11.1 Å². The van der Waals surface area contributed by atoms with Gasteiger partial charge in [-0.3, -0.25) is 9.59 Å². The van der Waals surface area contributed by atoms with Crippen molar-refractivity contribution in [2.45, 2.75) is 89.3 Å². The molecular formula is C35H44N4O3. The molecule has 0 atom stereocenters. The lowest BCUT2D eigenvalue weighted by molar-refractivity contribution is -0.134. The molecule has 222 valence electrons. The zero-order valence-electron chi connectivity index (χ0n) is 25.1. The number of benzene rings is 2. The Bertz CT molecular complexity index is 1390. The summed E-state index contributed by atoms with van der Waals surface area (Å²) in [6.07, 6.45) is 7.71. The van der Waals surface area contributed by atoms with E-state index < -0.39 is 11.1 Å². The van der Waals surface area contributed by atoms with Crippen molar-refractivity contribution >= 4 is 17.6 Å². The summed E-state index contributed by atoms with van der Waals surface area (Å²) in [4.78, 5) is 32.0. The molecule has 1 heterocycles. The molecule has 2 amide bonds. The number of aliphatic hydroxyl groups is 1. The average molecular weight is 569 g/mol. The molecule has 2 aliphatic rings. The number of nitrogens with zero attached hydrogens (tertiary/aromatic N) is 2. The number of hydrogen-bond donors (Lipinski definition) is 3. The Morgan fingerprint density at radius 3 is 2.21 bits per heavy atom. The first-order valence-corrected chi connectivity index (χ1v) is 15.4. The second-order valence-electron chi connectivity index (χ2n) is 12.5. The molecule has 0 unspecified atom stereocenters. The fraction of sp³-hybridized carbons (Fsp3) is 0.457. The summed E-state index contributed by atoms with van der Waals surface area (Å²) in [5, 5.41) is 13.3. The molecule has 0 spiro atoms. The number of rotatable bonds is 9. The summed E-state index contributed by atoms with van der Waals surface area (Å²) in [6.45, 7) is 6.53. The van der Waals surface area contributed by atoms with Crippen molar-refractivity contribution in [2.24, 2.45) is 11.7 Å². The molecule has 2 aromatic carbocycles. The number of aromatic nitrogens is 1. The third-order valence-corrected chi connectivity index (χ3v) is 9.11. The summed E-state index contributed by atoms with van der Waals surface area (Å²) in [5.74, 6) is 1.04. The molecule has 0 aliphatic heterocycles. The van der Waals surface area contributed by atoms with Crippen molar-refractivity contribution in [2.75, 3.05) is 11.9 Å². The fourth-order valence-corrected chi connectivity index (χ4v) is 7.06. The highest BCUT2D eigenvalue weighted by atomic mass is 16.3. The molecule has 0 bridgehead atoms. The number of hydrogen-bond acceptors (Lipinski definition) is 5. The van der Waals surface area contributed by atoms with E-state index in [1.165, 1.54) is 0 Å². The van der Waals surface area contributed by atoms with Crippen LogP contribution in [-0.4, -0.2) is 45.0 Å². The first kappa shape index (κ1) is 29.9. The predicted molar refractivity (Wildman–Crippen MR) is 168 cm³/mol. The van der Waals surface area contributed by atoms with Gasteiger partial charge in [0.15, 0.2) is 0 Å². The van der Waals surface area contributed by atoms with Crippen LogP contribution in [0.3, 0.4) is 0 Å². The number of pyridine rings is 1. The lowest BCUT2D eigenvalue weighted by atomic mass is 9.63. The lowest BCUT2D eigenvalue weighted by Crippen LogP contribution is -2.58. The first-order valence-electron chi connectivity index (χ1n) is 15.4. The van der Waals surface area contributed by atoms with Crippen LogP contribution in [0.5, 0.6) is 0 Å². The summed E-state index contributed by atoms with van der Waals surface area (Å²) >= 11 is 0. The van der Waals surface area contributed by atoms with Crippen LogP contribution in [0.1, 0.15) is 77.7 Å². The van der Waals surface area contributed by atoms with Crippen LogP contribution in [0, 0.1) is 5.92 Å². The summed E-state index contributed by atoms with van der Waals surface area (Å²) in [6, 6.07) is 20.6. The van der Waals surface area contributed by atoms with Crippen molar-refractivity contribution in [3.8, 4) is 22.3 Å². The molecule has 3 aromatic rings. The van der Waals surface area contributed by atoms with Gasteiger partial charge in [0.05, 0.1) is 5.60 Å². The number of carbonyl (C=O) groups is 2. The Labute approximate surface area is 249 Å². The maximum Gasteiger partial charge on any atom is 0.225 e. The van der Waals surface area contributed by atoms with E-state index in [-0.39, 0.29) is 17.9 Å². The predicted octanol–water partition coefficient (Wildman–Crippen LogP) is 6.26. The van der Waals surface area contributed by atoms with Crippen LogP contribution in [-0.2, 0) is 15.1 Å². The van der Waals surface area contributed by atoms with Crippen LogP contribution in [0.15, 0.2) is 66.9 Å². The maximum absolute atomic E-state index is 13.1. The van der Waals surface area contributed by atoms with E-state index in [2.05, 4.69) is 34.6 Å². The van der Waals surface area contributed by atoms with Crippen molar-refractivity contribution in [3.05, 3.63) is 72.4 Å². The Kier molecular flexibility index (Phi) is 8.81. The van der Waals surface area contributed by atoms with Gasteiger partial charge < -0.3 is 21.1 Å². The third-order valence-electron chi connectivity index (χ3n) is 9.11. The summed E-state index contributed by atoms with van der Waals surface area (Å²) in [5.41, 5.74) is 10.4. The maximum atomic E-state index is 13.1. The SMILES string of the molecule is CCC(=O)N(CC)C1CCC(CC(=O)Nc2cc(-c3ccccc3)c(-c3ccc([C@]4(N)C[C@](C)(O)C4)cc3)cn2)CC1.